The minimum atomic E-state index is -0.789. The summed E-state index contributed by atoms with van der Waals surface area (Å²) in [5.41, 5.74) is 0.312. The zero-order chi connectivity index (χ0) is 16.3. The Morgan fingerprint density at radius 3 is 2.59 bits per heavy atom. The van der Waals surface area contributed by atoms with Crippen molar-refractivity contribution in [2.75, 3.05) is 13.1 Å². The highest BCUT2D eigenvalue weighted by molar-refractivity contribution is 9.10. The van der Waals surface area contributed by atoms with Crippen molar-refractivity contribution in [2.24, 2.45) is 11.3 Å². The SMILES string of the molecule is CC(C)C1(C(=O)O)CCN(C(=O)CCc2ccccc2Br)C1. The van der Waals surface area contributed by atoms with Crippen LogP contribution in [0, 0.1) is 11.3 Å². The molecule has 22 heavy (non-hydrogen) atoms. The van der Waals surface area contributed by atoms with E-state index >= 15 is 0 Å². The molecule has 1 unspecified atom stereocenters. The van der Waals surface area contributed by atoms with E-state index in [9.17, 15) is 14.7 Å². The summed E-state index contributed by atoms with van der Waals surface area (Å²) in [6, 6.07) is 7.86. The van der Waals surface area contributed by atoms with Gasteiger partial charge in [0.15, 0.2) is 0 Å². The van der Waals surface area contributed by atoms with E-state index in [0.29, 0.717) is 32.4 Å². The van der Waals surface area contributed by atoms with E-state index < -0.39 is 11.4 Å². The molecular formula is C17H22BrNO3. The highest BCUT2D eigenvalue weighted by atomic mass is 79.9. The Balaban J connectivity index is 1.97. The van der Waals surface area contributed by atoms with Gasteiger partial charge in [0.2, 0.25) is 5.91 Å². The predicted molar refractivity (Wildman–Crippen MR) is 88.6 cm³/mol. The fourth-order valence-corrected chi connectivity index (χ4v) is 3.52. The Morgan fingerprint density at radius 2 is 2.05 bits per heavy atom. The number of hydrogen-bond donors (Lipinski definition) is 1. The number of nitrogens with zero attached hydrogens (tertiary/aromatic N) is 1. The summed E-state index contributed by atoms with van der Waals surface area (Å²) < 4.78 is 1.01. The van der Waals surface area contributed by atoms with E-state index in [4.69, 9.17) is 0 Å². The standard InChI is InChI=1S/C17H22BrNO3/c1-12(2)17(16(21)22)9-10-19(11-17)15(20)8-7-13-5-3-4-6-14(13)18/h3-6,12H,7-11H2,1-2H3,(H,21,22). The largest absolute Gasteiger partial charge is 0.481 e. The second-order valence-corrected chi connectivity index (χ2v) is 7.13. The van der Waals surface area contributed by atoms with Crippen molar-refractivity contribution in [1.29, 1.82) is 0 Å². The maximum Gasteiger partial charge on any atom is 0.311 e. The summed E-state index contributed by atoms with van der Waals surface area (Å²) in [6.45, 7) is 4.71. The first-order valence-electron chi connectivity index (χ1n) is 7.61. The van der Waals surface area contributed by atoms with Gasteiger partial charge in [-0.25, -0.2) is 0 Å². The summed E-state index contributed by atoms with van der Waals surface area (Å²) >= 11 is 3.48. The zero-order valence-electron chi connectivity index (χ0n) is 13.0. The Bertz CT molecular complexity index is 573. The number of halogens is 1. The first-order valence-corrected chi connectivity index (χ1v) is 8.40. The highest BCUT2D eigenvalue weighted by Gasteiger charge is 2.48. The lowest BCUT2D eigenvalue weighted by atomic mass is 9.76. The highest BCUT2D eigenvalue weighted by Crippen LogP contribution is 2.38. The lowest BCUT2D eigenvalue weighted by Gasteiger charge is -2.28. The molecule has 1 saturated heterocycles. The molecule has 2 rings (SSSR count). The van der Waals surface area contributed by atoms with Crippen LogP contribution in [0.2, 0.25) is 0 Å². The summed E-state index contributed by atoms with van der Waals surface area (Å²) in [7, 11) is 0. The van der Waals surface area contributed by atoms with Gasteiger partial charge in [-0.2, -0.15) is 0 Å². The molecule has 0 radical (unpaired) electrons. The van der Waals surface area contributed by atoms with Crippen LogP contribution in [-0.2, 0) is 16.0 Å². The number of likely N-dealkylation sites (tertiary alicyclic amines) is 1. The van der Waals surface area contributed by atoms with Gasteiger partial charge in [0, 0.05) is 24.0 Å². The van der Waals surface area contributed by atoms with Crippen LogP contribution < -0.4 is 0 Å². The second kappa shape index (κ2) is 6.82. The van der Waals surface area contributed by atoms with Gasteiger partial charge in [-0.15, -0.1) is 0 Å². The van der Waals surface area contributed by atoms with Crippen LogP contribution in [0.1, 0.15) is 32.3 Å². The molecule has 0 spiro atoms. The Hall–Kier alpha value is -1.36. The first kappa shape index (κ1) is 17.0. The topological polar surface area (TPSA) is 57.6 Å². The number of aliphatic carboxylic acids is 1. The lowest BCUT2D eigenvalue weighted by Crippen LogP contribution is -2.40. The van der Waals surface area contributed by atoms with Crippen molar-refractivity contribution in [3.8, 4) is 0 Å². The Morgan fingerprint density at radius 1 is 1.36 bits per heavy atom. The van der Waals surface area contributed by atoms with Gasteiger partial charge in [0.05, 0.1) is 5.41 Å². The Labute approximate surface area is 139 Å². The number of hydrogen-bond acceptors (Lipinski definition) is 2. The first-order chi connectivity index (χ1) is 10.4. The third kappa shape index (κ3) is 3.35. The van der Waals surface area contributed by atoms with E-state index in [1.54, 1.807) is 4.90 Å². The van der Waals surface area contributed by atoms with Gasteiger partial charge in [-0.05, 0) is 30.4 Å². The minimum Gasteiger partial charge on any atom is -0.481 e. The van der Waals surface area contributed by atoms with Gasteiger partial charge in [0.1, 0.15) is 0 Å². The average Bonchev–Trinajstić information content (AvgIpc) is 2.93. The lowest BCUT2D eigenvalue weighted by molar-refractivity contribution is -0.151. The van der Waals surface area contributed by atoms with Crippen LogP contribution >= 0.6 is 15.9 Å². The van der Waals surface area contributed by atoms with E-state index in [2.05, 4.69) is 15.9 Å². The number of carboxylic acid groups (broad SMARTS) is 1. The van der Waals surface area contributed by atoms with Crippen LogP contribution in [0.5, 0.6) is 0 Å². The molecule has 1 aromatic rings. The number of aryl methyl sites for hydroxylation is 1. The molecule has 1 atom stereocenters. The van der Waals surface area contributed by atoms with Crippen LogP contribution in [0.25, 0.3) is 0 Å². The number of benzene rings is 1. The van der Waals surface area contributed by atoms with Crippen molar-refractivity contribution in [3.05, 3.63) is 34.3 Å². The average molecular weight is 368 g/mol. The smallest absolute Gasteiger partial charge is 0.311 e. The summed E-state index contributed by atoms with van der Waals surface area (Å²) in [4.78, 5) is 25.7. The molecule has 0 aliphatic carbocycles. The van der Waals surface area contributed by atoms with Crippen molar-refractivity contribution in [1.82, 2.24) is 4.90 Å². The molecule has 1 aromatic carbocycles. The molecule has 1 heterocycles. The summed E-state index contributed by atoms with van der Waals surface area (Å²) in [5, 5.41) is 9.53. The molecule has 120 valence electrons. The van der Waals surface area contributed by atoms with E-state index in [0.717, 1.165) is 10.0 Å². The molecule has 1 N–H and O–H groups in total. The number of carbonyl (C=O) groups is 2. The van der Waals surface area contributed by atoms with Gasteiger partial charge in [-0.3, -0.25) is 9.59 Å². The van der Waals surface area contributed by atoms with Gasteiger partial charge in [-0.1, -0.05) is 48.0 Å². The van der Waals surface area contributed by atoms with Gasteiger partial charge in [0.25, 0.3) is 0 Å². The van der Waals surface area contributed by atoms with Crippen LogP contribution in [0.3, 0.4) is 0 Å². The van der Waals surface area contributed by atoms with Crippen LogP contribution in [0.15, 0.2) is 28.7 Å². The van der Waals surface area contributed by atoms with Crippen molar-refractivity contribution in [2.45, 2.75) is 33.1 Å². The fourth-order valence-electron chi connectivity index (χ4n) is 3.04. The molecule has 0 aromatic heterocycles. The normalized spacial score (nSPS) is 21.4. The van der Waals surface area contributed by atoms with Gasteiger partial charge >= 0.3 is 5.97 Å². The van der Waals surface area contributed by atoms with Gasteiger partial charge < -0.3 is 10.0 Å². The van der Waals surface area contributed by atoms with E-state index in [-0.39, 0.29) is 11.8 Å². The number of carbonyl (C=O) groups excluding carboxylic acids is 1. The maximum absolute atomic E-state index is 12.4. The monoisotopic (exact) mass is 367 g/mol. The predicted octanol–water partition coefficient (Wildman–Crippen LogP) is 3.34. The van der Waals surface area contributed by atoms with Crippen LogP contribution in [0.4, 0.5) is 0 Å². The number of carboxylic acids is 1. The molecule has 4 nitrogen and oxygen atoms in total. The summed E-state index contributed by atoms with van der Waals surface area (Å²) in [6.07, 6.45) is 1.62. The quantitative estimate of drug-likeness (QED) is 0.867. The van der Waals surface area contributed by atoms with E-state index in [1.165, 1.54) is 0 Å². The van der Waals surface area contributed by atoms with Crippen LogP contribution in [-0.4, -0.2) is 35.0 Å². The van der Waals surface area contributed by atoms with Crippen molar-refractivity contribution in [3.63, 3.8) is 0 Å². The third-order valence-electron chi connectivity index (χ3n) is 4.75. The summed E-state index contributed by atoms with van der Waals surface area (Å²) in [5.74, 6) is -0.728. The fraction of sp³-hybridized carbons (Fsp3) is 0.529. The molecule has 0 saturated carbocycles. The molecular weight excluding hydrogens is 346 g/mol. The molecule has 1 amide bonds. The molecule has 0 bridgehead atoms. The zero-order valence-corrected chi connectivity index (χ0v) is 14.6. The van der Waals surface area contributed by atoms with E-state index in [1.807, 2.05) is 38.1 Å². The molecule has 1 fully saturated rings. The molecule has 1 aliphatic rings. The maximum atomic E-state index is 12.4. The molecule has 1 aliphatic heterocycles. The second-order valence-electron chi connectivity index (χ2n) is 6.27. The van der Waals surface area contributed by atoms with Crippen molar-refractivity contribution < 1.29 is 14.7 Å². The third-order valence-corrected chi connectivity index (χ3v) is 5.52. The molecule has 5 heteroatoms. The number of rotatable bonds is 5. The number of amides is 1. The Kier molecular flexibility index (Phi) is 5.27. The minimum absolute atomic E-state index is 0.0195. The van der Waals surface area contributed by atoms with Crippen molar-refractivity contribution >= 4 is 27.8 Å².